The van der Waals surface area contributed by atoms with Crippen LogP contribution in [0.25, 0.3) is 0 Å². The van der Waals surface area contributed by atoms with E-state index in [0.29, 0.717) is 12.3 Å². The molecule has 0 aliphatic heterocycles. The zero-order chi connectivity index (χ0) is 12.8. The first-order valence-electron chi connectivity index (χ1n) is 7.12. The summed E-state index contributed by atoms with van der Waals surface area (Å²) < 4.78 is 0. The van der Waals surface area contributed by atoms with E-state index in [1.54, 1.807) is 0 Å². The van der Waals surface area contributed by atoms with E-state index in [2.05, 4.69) is 0 Å². The number of hydrogen-bond donors (Lipinski definition) is 3. The van der Waals surface area contributed by atoms with Crippen LogP contribution >= 0.6 is 0 Å². The van der Waals surface area contributed by atoms with Crippen LogP contribution in [0.2, 0.25) is 0 Å². The Balaban J connectivity index is 2.27. The predicted octanol–water partition coefficient (Wildman–Crippen LogP) is 2.05. The molecule has 1 rings (SSSR count). The van der Waals surface area contributed by atoms with Gasteiger partial charge in [0.25, 0.3) is 0 Å². The van der Waals surface area contributed by atoms with E-state index in [0.717, 1.165) is 6.42 Å². The van der Waals surface area contributed by atoms with Crippen LogP contribution in [0, 0.1) is 11.8 Å². The first-order valence-corrected chi connectivity index (χ1v) is 7.12. The summed E-state index contributed by atoms with van der Waals surface area (Å²) in [6.07, 6.45) is 6.79. The highest BCUT2D eigenvalue weighted by atomic mass is 16.3. The molecule has 3 atom stereocenters. The van der Waals surface area contributed by atoms with Crippen LogP contribution < -0.4 is 5.73 Å². The molecule has 0 spiro atoms. The summed E-state index contributed by atoms with van der Waals surface area (Å²) in [5.41, 5.74) is 6.04. The van der Waals surface area contributed by atoms with Gasteiger partial charge in [0.15, 0.2) is 0 Å². The maximum atomic E-state index is 9.98. The van der Waals surface area contributed by atoms with Gasteiger partial charge in [0.1, 0.15) is 0 Å². The summed E-state index contributed by atoms with van der Waals surface area (Å²) in [6.45, 7) is 3.92. The van der Waals surface area contributed by atoms with Crippen molar-refractivity contribution in [1.29, 1.82) is 0 Å². The Labute approximate surface area is 105 Å². The number of hydrogen-bond acceptors (Lipinski definition) is 3. The van der Waals surface area contributed by atoms with Crippen LogP contribution in [0.3, 0.4) is 0 Å². The molecule has 0 amide bonds. The van der Waals surface area contributed by atoms with E-state index in [1.807, 2.05) is 13.8 Å². The van der Waals surface area contributed by atoms with E-state index < -0.39 is 12.2 Å². The van der Waals surface area contributed by atoms with Crippen molar-refractivity contribution >= 4 is 0 Å². The standard InChI is InChI=1S/C14H29NO2/c1-10(2)13(16)9-14(17)12(15)8-11-6-4-3-5-7-11/h10-14,16-17H,3-9,15H2,1-2H3/t12-,13?,14?/m0/s1. The van der Waals surface area contributed by atoms with Gasteiger partial charge in [-0.2, -0.15) is 0 Å². The van der Waals surface area contributed by atoms with Gasteiger partial charge in [-0.3, -0.25) is 0 Å². The number of nitrogens with two attached hydrogens (primary N) is 1. The van der Waals surface area contributed by atoms with Crippen molar-refractivity contribution in [2.24, 2.45) is 17.6 Å². The lowest BCUT2D eigenvalue weighted by Crippen LogP contribution is -2.39. The summed E-state index contributed by atoms with van der Waals surface area (Å²) >= 11 is 0. The highest BCUT2D eigenvalue weighted by Crippen LogP contribution is 2.28. The molecule has 4 N–H and O–H groups in total. The zero-order valence-electron chi connectivity index (χ0n) is 11.3. The minimum absolute atomic E-state index is 0.175. The second-order valence-corrected chi connectivity index (χ2v) is 6.02. The Bertz CT molecular complexity index is 202. The Morgan fingerprint density at radius 2 is 1.65 bits per heavy atom. The minimum atomic E-state index is -0.561. The van der Waals surface area contributed by atoms with Gasteiger partial charge < -0.3 is 15.9 Å². The van der Waals surface area contributed by atoms with E-state index in [4.69, 9.17) is 5.73 Å². The fraction of sp³-hybridized carbons (Fsp3) is 1.00. The minimum Gasteiger partial charge on any atom is -0.393 e. The molecule has 1 aliphatic rings. The first-order chi connectivity index (χ1) is 8.00. The molecule has 2 unspecified atom stereocenters. The molecular formula is C14H29NO2. The third-order valence-corrected chi connectivity index (χ3v) is 4.08. The maximum absolute atomic E-state index is 9.98. The largest absolute Gasteiger partial charge is 0.393 e. The van der Waals surface area contributed by atoms with Crippen LogP contribution in [0.15, 0.2) is 0 Å². The van der Waals surface area contributed by atoms with Crippen molar-refractivity contribution in [3.8, 4) is 0 Å². The Hall–Kier alpha value is -0.120. The molecule has 0 bridgehead atoms. The molecule has 1 saturated carbocycles. The number of aliphatic hydroxyl groups is 2. The second-order valence-electron chi connectivity index (χ2n) is 6.02. The first kappa shape index (κ1) is 14.9. The molecule has 3 nitrogen and oxygen atoms in total. The van der Waals surface area contributed by atoms with Crippen LogP contribution in [0.1, 0.15) is 58.8 Å². The van der Waals surface area contributed by atoms with Crippen LogP contribution in [0.5, 0.6) is 0 Å². The van der Waals surface area contributed by atoms with Crippen molar-refractivity contribution in [2.45, 2.75) is 77.0 Å². The van der Waals surface area contributed by atoms with Gasteiger partial charge in [0, 0.05) is 12.5 Å². The monoisotopic (exact) mass is 243 g/mol. The SMILES string of the molecule is CC(C)C(O)CC(O)[C@@H](N)CC1CCCCC1. The van der Waals surface area contributed by atoms with Gasteiger partial charge >= 0.3 is 0 Å². The average Bonchev–Trinajstić information content (AvgIpc) is 2.29. The molecular weight excluding hydrogens is 214 g/mol. The van der Waals surface area contributed by atoms with Gasteiger partial charge in [0.2, 0.25) is 0 Å². The molecule has 1 aliphatic carbocycles. The van der Waals surface area contributed by atoms with Crippen LogP contribution in [-0.4, -0.2) is 28.5 Å². The summed E-state index contributed by atoms with van der Waals surface area (Å²) in [7, 11) is 0. The Morgan fingerprint density at radius 3 is 2.18 bits per heavy atom. The predicted molar refractivity (Wildman–Crippen MR) is 70.6 cm³/mol. The van der Waals surface area contributed by atoms with Gasteiger partial charge in [-0.15, -0.1) is 0 Å². The summed E-state index contributed by atoms with van der Waals surface area (Å²) in [5.74, 6) is 0.871. The van der Waals surface area contributed by atoms with Crippen molar-refractivity contribution in [3.05, 3.63) is 0 Å². The molecule has 0 aromatic heterocycles. The van der Waals surface area contributed by atoms with E-state index >= 15 is 0 Å². The molecule has 102 valence electrons. The van der Waals surface area contributed by atoms with E-state index in [1.165, 1.54) is 32.1 Å². The van der Waals surface area contributed by atoms with Crippen molar-refractivity contribution in [1.82, 2.24) is 0 Å². The lowest BCUT2D eigenvalue weighted by atomic mass is 9.83. The second kappa shape index (κ2) is 7.34. The fourth-order valence-corrected chi connectivity index (χ4v) is 2.66. The van der Waals surface area contributed by atoms with E-state index in [9.17, 15) is 10.2 Å². The van der Waals surface area contributed by atoms with Crippen LogP contribution in [0.4, 0.5) is 0 Å². The van der Waals surface area contributed by atoms with Gasteiger partial charge in [-0.25, -0.2) is 0 Å². The van der Waals surface area contributed by atoms with Gasteiger partial charge in [-0.05, 0) is 18.3 Å². The number of rotatable bonds is 6. The number of aliphatic hydroxyl groups excluding tert-OH is 2. The molecule has 0 saturated heterocycles. The highest BCUT2D eigenvalue weighted by molar-refractivity contribution is 4.80. The summed E-state index contributed by atoms with van der Waals surface area (Å²) in [6, 6.07) is -0.175. The smallest absolute Gasteiger partial charge is 0.0715 e. The third kappa shape index (κ3) is 5.36. The normalized spacial score (nSPS) is 23.6. The molecule has 3 heteroatoms. The lowest BCUT2D eigenvalue weighted by molar-refractivity contribution is 0.0367. The van der Waals surface area contributed by atoms with Crippen molar-refractivity contribution < 1.29 is 10.2 Å². The molecule has 0 heterocycles. The lowest BCUT2D eigenvalue weighted by Gasteiger charge is -2.28. The Kier molecular flexibility index (Phi) is 6.45. The van der Waals surface area contributed by atoms with E-state index in [-0.39, 0.29) is 12.0 Å². The molecule has 17 heavy (non-hydrogen) atoms. The third-order valence-electron chi connectivity index (χ3n) is 4.08. The maximum Gasteiger partial charge on any atom is 0.0715 e. The zero-order valence-corrected chi connectivity index (χ0v) is 11.3. The van der Waals surface area contributed by atoms with Crippen LogP contribution in [-0.2, 0) is 0 Å². The summed E-state index contributed by atoms with van der Waals surface area (Å²) in [5, 5.41) is 19.7. The van der Waals surface area contributed by atoms with Gasteiger partial charge in [-0.1, -0.05) is 46.0 Å². The topological polar surface area (TPSA) is 66.5 Å². The molecule has 0 aromatic rings. The fourth-order valence-electron chi connectivity index (χ4n) is 2.66. The summed E-state index contributed by atoms with van der Waals surface area (Å²) in [4.78, 5) is 0. The van der Waals surface area contributed by atoms with Crippen molar-refractivity contribution in [3.63, 3.8) is 0 Å². The average molecular weight is 243 g/mol. The molecule has 0 radical (unpaired) electrons. The Morgan fingerprint density at radius 1 is 1.06 bits per heavy atom. The van der Waals surface area contributed by atoms with Crippen molar-refractivity contribution in [2.75, 3.05) is 0 Å². The quantitative estimate of drug-likeness (QED) is 0.669. The molecule has 1 fully saturated rings. The highest BCUT2D eigenvalue weighted by Gasteiger charge is 2.24. The molecule has 0 aromatic carbocycles. The van der Waals surface area contributed by atoms with Gasteiger partial charge in [0.05, 0.1) is 12.2 Å².